The average molecular weight is 447 g/mol. The maximum Gasteiger partial charge on any atom is 0.226 e. The second kappa shape index (κ2) is 9.82. The van der Waals surface area contributed by atoms with Crippen LogP contribution in [0.3, 0.4) is 0 Å². The topological polar surface area (TPSA) is 102 Å². The van der Waals surface area contributed by atoms with Crippen LogP contribution in [0.2, 0.25) is 0 Å². The molecule has 0 saturated carbocycles. The fourth-order valence-corrected chi connectivity index (χ4v) is 6.80. The smallest absolute Gasteiger partial charge is 0.226 e. The summed E-state index contributed by atoms with van der Waals surface area (Å²) in [5.74, 6) is -0.0751. The zero-order chi connectivity index (χ0) is 20.8. The summed E-state index contributed by atoms with van der Waals surface area (Å²) in [5.41, 5.74) is 0.928. The molecular formula is C18H26N2O5S3. The van der Waals surface area contributed by atoms with Crippen LogP contribution in [-0.4, -0.2) is 47.3 Å². The zero-order valence-electron chi connectivity index (χ0n) is 16.3. The predicted molar refractivity (Wildman–Crippen MR) is 111 cm³/mol. The van der Waals surface area contributed by atoms with Crippen molar-refractivity contribution < 1.29 is 21.6 Å². The number of ether oxygens (including phenoxy) is 1. The van der Waals surface area contributed by atoms with Gasteiger partial charge in [0.25, 0.3) is 0 Å². The fraction of sp³-hybridized carbons (Fsp3) is 0.500. The molecule has 0 aliphatic rings. The van der Waals surface area contributed by atoms with Crippen LogP contribution in [0.4, 0.5) is 5.00 Å². The lowest BCUT2D eigenvalue weighted by Gasteiger charge is -2.07. The van der Waals surface area contributed by atoms with E-state index in [9.17, 15) is 16.8 Å². The number of sulfone groups is 2. The van der Waals surface area contributed by atoms with Crippen molar-refractivity contribution >= 4 is 36.0 Å². The minimum Gasteiger partial charge on any atom is -0.382 e. The van der Waals surface area contributed by atoms with Gasteiger partial charge in [0, 0.05) is 19.8 Å². The van der Waals surface area contributed by atoms with Gasteiger partial charge in [0.2, 0.25) is 24.0 Å². The van der Waals surface area contributed by atoms with Gasteiger partial charge in [-0.05, 0) is 38.8 Å². The van der Waals surface area contributed by atoms with Crippen molar-refractivity contribution in [1.29, 1.82) is 0 Å². The first-order valence-corrected chi connectivity index (χ1v) is 13.0. The summed E-state index contributed by atoms with van der Waals surface area (Å²) in [6.07, 6.45) is 1.09. The van der Waals surface area contributed by atoms with Gasteiger partial charge in [-0.15, -0.1) is 0 Å². The molecule has 2 rings (SSSR count). The molecule has 0 saturated heterocycles. The van der Waals surface area contributed by atoms with Gasteiger partial charge in [0.05, 0.1) is 10.6 Å². The van der Waals surface area contributed by atoms with E-state index in [-0.39, 0.29) is 25.0 Å². The Kier molecular flexibility index (Phi) is 7.99. The van der Waals surface area contributed by atoms with E-state index in [2.05, 4.69) is 10.3 Å². The molecule has 0 fully saturated rings. The molecule has 0 spiro atoms. The number of thiazole rings is 1. The highest BCUT2D eigenvalue weighted by atomic mass is 32.2. The molecule has 7 nitrogen and oxygen atoms in total. The standard InChI is InChI=1S/C18H26N2O5S3/c1-4-13-27(21,22)18-20-17(16(26-18)19-11-6-12-25-5-2)28(23,24)15-9-7-14(3)8-10-15/h7-10,19H,4-6,11-13H2,1-3H3. The van der Waals surface area contributed by atoms with Crippen LogP contribution in [0.1, 0.15) is 32.3 Å². The number of rotatable bonds is 11. The Bertz CT molecular complexity index is 981. The summed E-state index contributed by atoms with van der Waals surface area (Å²) in [6.45, 7) is 7.10. The van der Waals surface area contributed by atoms with Crippen LogP contribution in [0.5, 0.6) is 0 Å². The Morgan fingerprint density at radius 1 is 1.11 bits per heavy atom. The highest BCUT2D eigenvalue weighted by Gasteiger charge is 2.30. The third kappa shape index (κ3) is 5.53. The van der Waals surface area contributed by atoms with E-state index in [1.165, 1.54) is 12.1 Å². The van der Waals surface area contributed by atoms with Crippen molar-refractivity contribution in [2.45, 2.75) is 47.9 Å². The van der Waals surface area contributed by atoms with Gasteiger partial charge in [-0.1, -0.05) is 36.0 Å². The summed E-state index contributed by atoms with van der Waals surface area (Å²) < 4.78 is 56.1. The minimum atomic E-state index is -3.95. The molecule has 0 unspecified atom stereocenters. The molecular weight excluding hydrogens is 420 g/mol. The Morgan fingerprint density at radius 2 is 1.79 bits per heavy atom. The van der Waals surface area contributed by atoms with Crippen LogP contribution in [0.25, 0.3) is 0 Å². The molecule has 0 aliphatic heterocycles. The minimum absolute atomic E-state index is 0.0751. The van der Waals surface area contributed by atoms with E-state index in [0.29, 0.717) is 32.6 Å². The molecule has 1 heterocycles. The van der Waals surface area contributed by atoms with Crippen molar-refractivity contribution in [3.63, 3.8) is 0 Å². The van der Waals surface area contributed by atoms with Gasteiger partial charge in [-0.3, -0.25) is 0 Å². The van der Waals surface area contributed by atoms with E-state index in [4.69, 9.17) is 4.74 Å². The third-order valence-electron chi connectivity index (χ3n) is 3.86. The number of nitrogens with one attached hydrogen (secondary N) is 1. The first kappa shape index (κ1) is 22.8. The van der Waals surface area contributed by atoms with Gasteiger partial charge >= 0.3 is 0 Å². The Labute approximate surface area is 171 Å². The number of hydrogen-bond acceptors (Lipinski definition) is 8. The molecule has 156 valence electrons. The summed E-state index contributed by atoms with van der Waals surface area (Å²) in [7, 11) is -7.57. The van der Waals surface area contributed by atoms with E-state index >= 15 is 0 Å². The van der Waals surface area contributed by atoms with Crippen LogP contribution in [0.15, 0.2) is 38.5 Å². The molecule has 1 aromatic carbocycles. The van der Waals surface area contributed by atoms with Crippen LogP contribution in [0, 0.1) is 6.92 Å². The van der Waals surface area contributed by atoms with Crippen molar-refractivity contribution in [2.24, 2.45) is 0 Å². The van der Waals surface area contributed by atoms with E-state index < -0.39 is 19.7 Å². The molecule has 0 aliphatic carbocycles. The highest BCUT2D eigenvalue weighted by Crippen LogP contribution is 2.35. The number of aromatic nitrogens is 1. The predicted octanol–water partition coefficient (Wildman–Crippen LogP) is 3.31. The van der Waals surface area contributed by atoms with Gasteiger partial charge in [0.1, 0.15) is 5.00 Å². The van der Waals surface area contributed by atoms with Gasteiger partial charge in [-0.25, -0.2) is 21.8 Å². The van der Waals surface area contributed by atoms with Crippen molar-refractivity contribution in [3.05, 3.63) is 29.8 Å². The van der Waals surface area contributed by atoms with Crippen LogP contribution < -0.4 is 5.32 Å². The van der Waals surface area contributed by atoms with Gasteiger partial charge in [-0.2, -0.15) is 0 Å². The number of aryl methyl sites for hydroxylation is 1. The van der Waals surface area contributed by atoms with Gasteiger partial charge < -0.3 is 10.1 Å². The first-order valence-electron chi connectivity index (χ1n) is 9.09. The number of hydrogen-bond donors (Lipinski definition) is 1. The summed E-state index contributed by atoms with van der Waals surface area (Å²) in [4.78, 5) is 4.12. The normalized spacial score (nSPS) is 12.2. The quantitative estimate of drug-likeness (QED) is 0.528. The van der Waals surface area contributed by atoms with E-state index in [0.717, 1.165) is 16.9 Å². The first-order chi connectivity index (χ1) is 13.2. The van der Waals surface area contributed by atoms with Gasteiger partial charge in [0.15, 0.2) is 5.03 Å². The summed E-state index contributed by atoms with van der Waals surface area (Å²) >= 11 is 0.865. The van der Waals surface area contributed by atoms with E-state index in [1.807, 2.05) is 13.8 Å². The Balaban J connectivity index is 2.42. The zero-order valence-corrected chi connectivity index (χ0v) is 18.7. The maximum atomic E-state index is 13.1. The van der Waals surface area contributed by atoms with Crippen molar-refractivity contribution in [2.75, 3.05) is 30.8 Å². The summed E-state index contributed by atoms with van der Waals surface area (Å²) in [6, 6.07) is 6.40. The molecule has 1 N–H and O–H groups in total. The molecule has 1 aromatic heterocycles. The average Bonchev–Trinajstić information content (AvgIpc) is 3.08. The molecule has 10 heteroatoms. The Morgan fingerprint density at radius 3 is 2.39 bits per heavy atom. The third-order valence-corrected chi connectivity index (χ3v) is 9.07. The second-order valence-electron chi connectivity index (χ2n) is 6.23. The maximum absolute atomic E-state index is 13.1. The lowest BCUT2D eigenvalue weighted by Crippen LogP contribution is -2.10. The lowest BCUT2D eigenvalue weighted by molar-refractivity contribution is 0.147. The molecule has 2 aromatic rings. The fourth-order valence-electron chi connectivity index (χ4n) is 2.42. The SMILES string of the molecule is CCCS(=O)(=O)c1nc(S(=O)(=O)c2ccc(C)cc2)c(NCCCOCC)s1. The highest BCUT2D eigenvalue weighted by molar-refractivity contribution is 7.94. The van der Waals surface area contributed by atoms with Crippen LogP contribution in [-0.2, 0) is 24.4 Å². The van der Waals surface area contributed by atoms with Crippen molar-refractivity contribution in [3.8, 4) is 0 Å². The van der Waals surface area contributed by atoms with E-state index in [1.54, 1.807) is 19.1 Å². The number of benzene rings is 1. The molecule has 0 radical (unpaired) electrons. The number of anilines is 1. The number of nitrogens with zero attached hydrogens (tertiary/aromatic N) is 1. The molecule has 0 atom stereocenters. The molecule has 0 amide bonds. The molecule has 28 heavy (non-hydrogen) atoms. The second-order valence-corrected chi connectivity index (χ2v) is 11.4. The Hall–Kier alpha value is -1.49. The largest absolute Gasteiger partial charge is 0.382 e. The van der Waals surface area contributed by atoms with Crippen molar-refractivity contribution in [1.82, 2.24) is 4.98 Å². The van der Waals surface area contributed by atoms with Crippen LogP contribution >= 0.6 is 11.3 Å². The molecule has 0 bridgehead atoms. The summed E-state index contributed by atoms with van der Waals surface area (Å²) in [5, 5.41) is 3.03. The lowest BCUT2D eigenvalue weighted by atomic mass is 10.2. The monoisotopic (exact) mass is 446 g/mol.